The molecule has 0 spiro atoms. The summed E-state index contributed by atoms with van der Waals surface area (Å²) in [5.41, 5.74) is 0. The van der Waals surface area contributed by atoms with Crippen molar-refractivity contribution in [2.24, 2.45) is 5.92 Å². The molecule has 2 nitrogen and oxygen atoms in total. The van der Waals surface area contributed by atoms with E-state index in [2.05, 4.69) is 24.1 Å². The van der Waals surface area contributed by atoms with Gasteiger partial charge in [0.05, 0.1) is 4.99 Å². The van der Waals surface area contributed by atoms with E-state index in [1.807, 2.05) is 0 Å². The topological polar surface area (TPSA) is 15.3 Å². The molecular weight excluding hydrogens is 216 g/mol. The van der Waals surface area contributed by atoms with E-state index in [9.17, 15) is 0 Å². The lowest BCUT2D eigenvalue weighted by atomic mass is 10.1. The highest BCUT2D eigenvalue weighted by Crippen LogP contribution is 2.08. The molecule has 94 valence electrons. The number of hydrogen-bond acceptors (Lipinski definition) is 2. The number of likely N-dealkylation sites (tertiary alicyclic amines) is 1. The molecule has 1 heterocycles. The van der Waals surface area contributed by atoms with Crippen LogP contribution in [0.25, 0.3) is 0 Å². The lowest BCUT2D eigenvalue weighted by molar-refractivity contribution is 0.232. The number of nitrogens with one attached hydrogen (secondary N) is 1. The van der Waals surface area contributed by atoms with Gasteiger partial charge in [0.25, 0.3) is 0 Å². The third-order valence-electron chi connectivity index (χ3n) is 3.35. The molecule has 0 radical (unpaired) electrons. The zero-order chi connectivity index (χ0) is 11.8. The summed E-state index contributed by atoms with van der Waals surface area (Å²) in [6.07, 6.45) is 6.58. The van der Waals surface area contributed by atoms with Crippen LogP contribution < -0.4 is 5.32 Å². The predicted molar refractivity (Wildman–Crippen MR) is 75.0 cm³/mol. The fraction of sp³-hybridized carbons (Fsp3) is 0.923. The Balaban J connectivity index is 2.07. The SMILES string of the molecule is CCCC(C)C(=S)NCCN1CCCCC1. The molecule has 0 aromatic carbocycles. The van der Waals surface area contributed by atoms with E-state index in [-0.39, 0.29) is 0 Å². The second kappa shape index (κ2) is 8.02. The molecule has 1 unspecified atom stereocenters. The van der Waals surface area contributed by atoms with Gasteiger partial charge in [0.1, 0.15) is 0 Å². The second-order valence-corrected chi connectivity index (χ2v) is 5.32. The third-order valence-corrected chi connectivity index (χ3v) is 3.89. The number of rotatable bonds is 6. The van der Waals surface area contributed by atoms with Crippen molar-refractivity contribution in [3.63, 3.8) is 0 Å². The van der Waals surface area contributed by atoms with Crippen LogP contribution in [0, 0.1) is 5.92 Å². The lowest BCUT2D eigenvalue weighted by Gasteiger charge is -2.26. The quantitative estimate of drug-likeness (QED) is 0.721. The van der Waals surface area contributed by atoms with Crippen molar-refractivity contribution in [2.75, 3.05) is 26.2 Å². The molecular formula is C13H26N2S. The molecule has 0 saturated carbocycles. The summed E-state index contributed by atoms with van der Waals surface area (Å²) in [5.74, 6) is 0.543. The molecule has 1 aliphatic heterocycles. The van der Waals surface area contributed by atoms with Crippen LogP contribution >= 0.6 is 12.2 Å². The van der Waals surface area contributed by atoms with Gasteiger partial charge in [-0.15, -0.1) is 0 Å². The average Bonchev–Trinajstić information content (AvgIpc) is 2.30. The van der Waals surface area contributed by atoms with Crippen molar-refractivity contribution >= 4 is 17.2 Å². The number of piperidine rings is 1. The van der Waals surface area contributed by atoms with Gasteiger partial charge in [0.2, 0.25) is 0 Å². The maximum absolute atomic E-state index is 5.38. The van der Waals surface area contributed by atoms with Gasteiger partial charge in [0.15, 0.2) is 0 Å². The van der Waals surface area contributed by atoms with E-state index >= 15 is 0 Å². The fourth-order valence-corrected chi connectivity index (χ4v) is 2.48. The Hall–Kier alpha value is -0.150. The van der Waals surface area contributed by atoms with Crippen molar-refractivity contribution < 1.29 is 0 Å². The first kappa shape index (κ1) is 13.9. The van der Waals surface area contributed by atoms with Crippen molar-refractivity contribution in [2.45, 2.75) is 46.0 Å². The van der Waals surface area contributed by atoms with E-state index in [1.54, 1.807) is 0 Å². The normalized spacial score (nSPS) is 19.4. The third kappa shape index (κ3) is 5.26. The van der Waals surface area contributed by atoms with Crippen LogP contribution in [-0.4, -0.2) is 36.1 Å². The monoisotopic (exact) mass is 242 g/mol. The van der Waals surface area contributed by atoms with E-state index in [0.29, 0.717) is 5.92 Å². The first-order valence-electron chi connectivity index (χ1n) is 6.74. The van der Waals surface area contributed by atoms with Gasteiger partial charge in [-0.05, 0) is 32.4 Å². The predicted octanol–water partition coefficient (Wildman–Crippen LogP) is 2.83. The lowest BCUT2D eigenvalue weighted by Crippen LogP contribution is -2.38. The summed E-state index contributed by atoms with van der Waals surface area (Å²) in [5, 5.41) is 3.40. The molecule has 1 atom stereocenters. The van der Waals surface area contributed by atoms with Gasteiger partial charge in [-0.25, -0.2) is 0 Å². The highest BCUT2D eigenvalue weighted by Gasteiger charge is 2.10. The van der Waals surface area contributed by atoms with Crippen molar-refractivity contribution in [1.29, 1.82) is 0 Å². The summed E-state index contributed by atoms with van der Waals surface area (Å²) in [7, 11) is 0. The summed E-state index contributed by atoms with van der Waals surface area (Å²) in [4.78, 5) is 3.60. The molecule has 3 heteroatoms. The van der Waals surface area contributed by atoms with Gasteiger partial charge in [-0.2, -0.15) is 0 Å². The second-order valence-electron chi connectivity index (χ2n) is 4.88. The Morgan fingerprint density at radius 3 is 2.62 bits per heavy atom. The highest BCUT2D eigenvalue weighted by atomic mass is 32.1. The Bertz CT molecular complexity index is 200. The molecule has 1 saturated heterocycles. The molecule has 0 amide bonds. The number of thiocarbonyl (C=S) groups is 1. The smallest absolute Gasteiger partial charge is 0.0782 e. The van der Waals surface area contributed by atoms with Crippen LogP contribution in [0.1, 0.15) is 46.0 Å². The van der Waals surface area contributed by atoms with Crippen LogP contribution in [0.15, 0.2) is 0 Å². The van der Waals surface area contributed by atoms with Gasteiger partial charge in [-0.3, -0.25) is 0 Å². The molecule has 1 aliphatic rings. The van der Waals surface area contributed by atoms with Gasteiger partial charge >= 0.3 is 0 Å². The fourth-order valence-electron chi connectivity index (χ4n) is 2.26. The van der Waals surface area contributed by atoms with Crippen LogP contribution in [-0.2, 0) is 0 Å². The van der Waals surface area contributed by atoms with Crippen LogP contribution in [0.5, 0.6) is 0 Å². The zero-order valence-electron chi connectivity index (χ0n) is 10.8. The Morgan fingerprint density at radius 1 is 1.31 bits per heavy atom. The minimum atomic E-state index is 0.543. The number of nitrogens with zero attached hydrogens (tertiary/aromatic N) is 1. The van der Waals surface area contributed by atoms with Crippen molar-refractivity contribution in [3.05, 3.63) is 0 Å². The van der Waals surface area contributed by atoms with Crippen LogP contribution in [0.3, 0.4) is 0 Å². The van der Waals surface area contributed by atoms with E-state index < -0.39 is 0 Å². The Labute approximate surface area is 106 Å². The van der Waals surface area contributed by atoms with Gasteiger partial charge < -0.3 is 10.2 Å². The standard InChI is InChI=1S/C13H26N2S/c1-3-7-12(2)13(16)14-8-11-15-9-5-4-6-10-15/h12H,3-11H2,1-2H3,(H,14,16). The average molecular weight is 242 g/mol. The van der Waals surface area contributed by atoms with Crippen LogP contribution in [0.2, 0.25) is 0 Å². The van der Waals surface area contributed by atoms with Crippen LogP contribution in [0.4, 0.5) is 0 Å². The molecule has 1 fully saturated rings. The summed E-state index contributed by atoms with van der Waals surface area (Å²) in [6, 6.07) is 0. The molecule has 16 heavy (non-hydrogen) atoms. The maximum atomic E-state index is 5.38. The zero-order valence-corrected chi connectivity index (χ0v) is 11.6. The molecule has 0 aromatic rings. The van der Waals surface area contributed by atoms with Crippen molar-refractivity contribution in [3.8, 4) is 0 Å². The summed E-state index contributed by atoms with van der Waals surface area (Å²) >= 11 is 5.38. The minimum absolute atomic E-state index is 0.543. The van der Waals surface area contributed by atoms with E-state index in [1.165, 1.54) is 45.2 Å². The van der Waals surface area contributed by atoms with E-state index in [4.69, 9.17) is 12.2 Å². The largest absolute Gasteiger partial charge is 0.378 e. The minimum Gasteiger partial charge on any atom is -0.378 e. The molecule has 0 bridgehead atoms. The summed E-state index contributed by atoms with van der Waals surface area (Å²) in [6.45, 7) is 9.16. The summed E-state index contributed by atoms with van der Waals surface area (Å²) < 4.78 is 0. The van der Waals surface area contributed by atoms with Gasteiger partial charge in [-0.1, -0.05) is 38.9 Å². The molecule has 1 rings (SSSR count). The maximum Gasteiger partial charge on any atom is 0.0782 e. The first-order chi connectivity index (χ1) is 7.74. The first-order valence-corrected chi connectivity index (χ1v) is 7.15. The Kier molecular flexibility index (Phi) is 6.97. The number of hydrogen-bond donors (Lipinski definition) is 1. The van der Waals surface area contributed by atoms with Gasteiger partial charge in [0, 0.05) is 19.0 Å². The molecule has 0 aliphatic carbocycles. The Morgan fingerprint density at radius 2 is 2.00 bits per heavy atom. The molecule has 1 N–H and O–H groups in total. The van der Waals surface area contributed by atoms with E-state index in [0.717, 1.165) is 18.1 Å². The molecule has 0 aromatic heterocycles. The highest BCUT2D eigenvalue weighted by molar-refractivity contribution is 7.80. The van der Waals surface area contributed by atoms with Crippen molar-refractivity contribution in [1.82, 2.24) is 10.2 Å².